The molecule has 0 bridgehead atoms. The molecule has 0 aliphatic carbocycles. The molecule has 0 heterocycles. The van der Waals surface area contributed by atoms with Gasteiger partial charge in [0.15, 0.2) is 18.2 Å². The molecule has 0 saturated heterocycles. The molecule has 0 amide bonds. The number of carboxylic acid groups (broad SMARTS) is 1. The maximum absolute atomic E-state index is 13.1. The lowest BCUT2D eigenvalue weighted by molar-refractivity contribution is -0.139. The normalized spacial score (nSPS) is 10.2. The van der Waals surface area contributed by atoms with Crippen LogP contribution in [0.15, 0.2) is 42.5 Å². The largest absolute Gasteiger partial charge is 0.482 e. The van der Waals surface area contributed by atoms with Gasteiger partial charge < -0.3 is 9.84 Å². The summed E-state index contributed by atoms with van der Waals surface area (Å²) < 4.78 is 30.9. The third kappa shape index (κ3) is 3.28. The minimum atomic E-state index is -1.07. The summed E-state index contributed by atoms with van der Waals surface area (Å²) >= 11 is 0. The zero-order valence-corrected chi connectivity index (χ0v) is 9.77. The first-order valence-corrected chi connectivity index (χ1v) is 5.46. The lowest BCUT2D eigenvalue weighted by atomic mass is 10.1. The molecule has 0 aromatic heterocycles. The van der Waals surface area contributed by atoms with Crippen LogP contribution in [0.2, 0.25) is 0 Å². The number of halogens is 2. The molecule has 98 valence electrons. The highest BCUT2D eigenvalue weighted by Gasteiger charge is 2.05. The van der Waals surface area contributed by atoms with Crippen molar-refractivity contribution >= 4 is 5.97 Å². The number of hydrogen-bond donors (Lipinski definition) is 1. The van der Waals surface area contributed by atoms with Crippen LogP contribution in [0, 0.1) is 11.6 Å². The van der Waals surface area contributed by atoms with Crippen LogP contribution < -0.4 is 4.74 Å². The molecule has 0 fully saturated rings. The molecule has 0 aliphatic heterocycles. The van der Waals surface area contributed by atoms with Crippen molar-refractivity contribution in [2.75, 3.05) is 6.61 Å². The summed E-state index contributed by atoms with van der Waals surface area (Å²) in [5, 5.41) is 8.46. The monoisotopic (exact) mass is 264 g/mol. The van der Waals surface area contributed by atoms with E-state index in [1.807, 2.05) is 0 Å². The zero-order chi connectivity index (χ0) is 13.8. The van der Waals surface area contributed by atoms with Gasteiger partial charge in [-0.25, -0.2) is 13.6 Å². The maximum atomic E-state index is 13.1. The summed E-state index contributed by atoms with van der Waals surface area (Å²) in [5.74, 6) is -2.48. The summed E-state index contributed by atoms with van der Waals surface area (Å²) in [6.07, 6.45) is 0. The van der Waals surface area contributed by atoms with E-state index >= 15 is 0 Å². The first-order chi connectivity index (χ1) is 9.06. The van der Waals surface area contributed by atoms with E-state index in [2.05, 4.69) is 0 Å². The Hall–Kier alpha value is -2.43. The number of ether oxygens (including phenoxy) is 1. The maximum Gasteiger partial charge on any atom is 0.341 e. The van der Waals surface area contributed by atoms with Gasteiger partial charge in [-0.3, -0.25) is 0 Å². The minimum Gasteiger partial charge on any atom is -0.482 e. The Kier molecular flexibility index (Phi) is 3.75. The number of rotatable bonds is 4. The molecular formula is C14H10F2O3. The number of hydrogen-bond acceptors (Lipinski definition) is 2. The van der Waals surface area contributed by atoms with Crippen LogP contribution in [0.3, 0.4) is 0 Å². The molecule has 0 atom stereocenters. The van der Waals surface area contributed by atoms with Gasteiger partial charge in [0.05, 0.1) is 0 Å². The molecule has 0 radical (unpaired) electrons. The van der Waals surface area contributed by atoms with E-state index in [0.717, 1.165) is 12.1 Å². The van der Waals surface area contributed by atoms with Crippen LogP contribution in [0.5, 0.6) is 5.75 Å². The Morgan fingerprint density at radius 2 is 1.63 bits per heavy atom. The second-order valence-corrected chi connectivity index (χ2v) is 3.84. The Labute approximate surface area is 108 Å². The molecule has 0 saturated carbocycles. The highest BCUT2D eigenvalue weighted by Crippen LogP contribution is 2.23. The molecule has 2 aromatic carbocycles. The van der Waals surface area contributed by atoms with Gasteiger partial charge in [0, 0.05) is 0 Å². The van der Waals surface area contributed by atoms with Crippen molar-refractivity contribution in [3.8, 4) is 16.9 Å². The third-order valence-electron chi connectivity index (χ3n) is 2.47. The van der Waals surface area contributed by atoms with Crippen molar-refractivity contribution in [3.05, 3.63) is 54.1 Å². The van der Waals surface area contributed by atoms with Crippen molar-refractivity contribution in [3.63, 3.8) is 0 Å². The topological polar surface area (TPSA) is 46.5 Å². The van der Waals surface area contributed by atoms with Gasteiger partial charge in [-0.1, -0.05) is 18.2 Å². The zero-order valence-electron chi connectivity index (χ0n) is 9.77. The quantitative estimate of drug-likeness (QED) is 0.923. The van der Waals surface area contributed by atoms with Crippen molar-refractivity contribution in [2.45, 2.75) is 0 Å². The number of aliphatic carboxylic acids is 1. The van der Waals surface area contributed by atoms with Crippen LogP contribution in [-0.4, -0.2) is 17.7 Å². The van der Waals surface area contributed by atoms with E-state index in [9.17, 15) is 13.6 Å². The van der Waals surface area contributed by atoms with E-state index in [1.165, 1.54) is 6.07 Å². The lowest BCUT2D eigenvalue weighted by Gasteiger charge is -2.05. The first kappa shape index (κ1) is 13.0. The fourth-order valence-corrected chi connectivity index (χ4v) is 1.56. The van der Waals surface area contributed by atoms with Gasteiger partial charge in [-0.15, -0.1) is 0 Å². The molecule has 1 N–H and O–H groups in total. The predicted molar refractivity (Wildman–Crippen MR) is 64.9 cm³/mol. The van der Waals surface area contributed by atoms with E-state index in [1.54, 1.807) is 24.3 Å². The van der Waals surface area contributed by atoms with Gasteiger partial charge in [-0.05, 0) is 35.4 Å². The summed E-state index contributed by atoms with van der Waals surface area (Å²) in [4.78, 5) is 10.3. The van der Waals surface area contributed by atoms with E-state index in [4.69, 9.17) is 9.84 Å². The van der Waals surface area contributed by atoms with E-state index in [0.29, 0.717) is 16.9 Å². The number of carboxylic acids is 1. The molecule has 2 rings (SSSR count). The summed E-state index contributed by atoms with van der Waals surface area (Å²) in [6, 6.07) is 10.0. The highest BCUT2D eigenvalue weighted by molar-refractivity contribution is 5.68. The second-order valence-electron chi connectivity index (χ2n) is 3.84. The van der Waals surface area contributed by atoms with Crippen LogP contribution in [0.25, 0.3) is 11.1 Å². The fraction of sp³-hybridized carbons (Fsp3) is 0.0714. The molecule has 19 heavy (non-hydrogen) atoms. The standard InChI is InChI=1S/C14H10F2O3/c15-12-6-3-10(7-13(12)16)9-1-4-11(5-2-9)19-8-14(17)18/h1-7H,8H2,(H,17,18). The summed E-state index contributed by atoms with van der Waals surface area (Å²) in [5.41, 5.74) is 1.21. The third-order valence-corrected chi connectivity index (χ3v) is 2.47. The molecule has 0 unspecified atom stereocenters. The summed E-state index contributed by atoms with van der Waals surface area (Å²) in [6.45, 7) is -0.426. The minimum absolute atomic E-state index is 0.397. The van der Waals surface area contributed by atoms with Crippen molar-refractivity contribution in [2.24, 2.45) is 0 Å². The lowest BCUT2D eigenvalue weighted by Crippen LogP contribution is -2.09. The Morgan fingerprint density at radius 3 is 2.21 bits per heavy atom. The second kappa shape index (κ2) is 5.48. The Bertz CT molecular complexity index is 594. The van der Waals surface area contributed by atoms with Crippen molar-refractivity contribution in [1.29, 1.82) is 0 Å². The number of benzene rings is 2. The molecule has 2 aromatic rings. The summed E-state index contributed by atoms with van der Waals surface area (Å²) in [7, 11) is 0. The van der Waals surface area contributed by atoms with Crippen LogP contribution in [0.1, 0.15) is 0 Å². The average Bonchev–Trinajstić information content (AvgIpc) is 2.40. The highest BCUT2D eigenvalue weighted by atomic mass is 19.2. The number of carbonyl (C=O) groups is 1. The van der Waals surface area contributed by atoms with Gasteiger partial charge in [0.2, 0.25) is 0 Å². The van der Waals surface area contributed by atoms with Gasteiger partial charge >= 0.3 is 5.97 Å². The fourth-order valence-electron chi connectivity index (χ4n) is 1.56. The molecule has 0 spiro atoms. The Morgan fingerprint density at radius 1 is 1.00 bits per heavy atom. The SMILES string of the molecule is O=C(O)COc1ccc(-c2ccc(F)c(F)c2)cc1. The van der Waals surface area contributed by atoms with Crippen molar-refractivity contribution in [1.82, 2.24) is 0 Å². The van der Waals surface area contributed by atoms with Crippen LogP contribution in [0.4, 0.5) is 8.78 Å². The molecule has 5 heteroatoms. The van der Waals surface area contributed by atoms with Gasteiger partial charge in [0.1, 0.15) is 5.75 Å². The average molecular weight is 264 g/mol. The smallest absolute Gasteiger partial charge is 0.341 e. The van der Waals surface area contributed by atoms with Gasteiger partial charge in [-0.2, -0.15) is 0 Å². The van der Waals surface area contributed by atoms with E-state index < -0.39 is 24.2 Å². The van der Waals surface area contributed by atoms with Crippen LogP contribution >= 0.6 is 0 Å². The predicted octanol–water partition coefficient (Wildman–Crippen LogP) is 3.10. The molecule has 0 aliphatic rings. The van der Waals surface area contributed by atoms with Gasteiger partial charge in [0.25, 0.3) is 0 Å². The van der Waals surface area contributed by atoms with Crippen LogP contribution in [-0.2, 0) is 4.79 Å². The van der Waals surface area contributed by atoms with Crippen molar-refractivity contribution < 1.29 is 23.4 Å². The van der Waals surface area contributed by atoms with E-state index in [-0.39, 0.29) is 0 Å². The first-order valence-electron chi connectivity index (χ1n) is 5.46. The Balaban J connectivity index is 2.17. The molecule has 3 nitrogen and oxygen atoms in total. The molecular weight excluding hydrogens is 254 g/mol.